The molecule has 2 aromatic carbocycles. The van der Waals surface area contributed by atoms with Crippen molar-refractivity contribution in [3.8, 4) is 0 Å². The molecule has 1 aliphatic carbocycles. The molecule has 4 heteroatoms. The van der Waals surface area contributed by atoms with Gasteiger partial charge in [0.25, 0.3) is 0 Å². The molecule has 2 unspecified atom stereocenters. The zero-order valence-corrected chi connectivity index (χ0v) is 13.9. The molecule has 0 aliphatic heterocycles. The standard InChI is InChI=1S/C19H24N2O2/c1-19(2,3)23-18(22)21-17-11-16(17)20-12-13-8-9-14-6-4-5-7-15(14)10-13/h4-10,16-17,20H,11-12H2,1-3H3,(H,21,22). The molecule has 1 amide bonds. The van der Waals surface area contributed by atoms with Crippen molar-refractivity contribution in [3.63, 3.8) is 0 Å². The number of benzene rings is 2. The van der Waals surface area contributed by atoms with E-state index in [4.69, 9.17) is 4.74 Å². The van der Waals surface area contributed by atoms with Crippen molar-refractivity contribution >= 4 is 16.9 Å². The van der Waals surface area contributed by atoms with Crippen LogP contribution >= 0.6 is 0 Å². The quantitative estimate of drug-likeness (QED) is 0.907. The van der Waals surface area contributed by atoms with Gasteiger partial charge in [0.1, 0.15) is 5.60 Å². The number of carbonyl (C=O) groups is 1. The van der Waals surface area contributed by atoms with E-state index in [-0.39, 0.29) is 12.1 Å². The predicted molar refractivity (Wildman–Crippen MR) is 92.4 cm³/mol. The zero-order valence-electron chi connectivity index (χ0n) is 13.9. The Morgan fingerprint density at radius 2 is 1.87 bits per heavy atom. The molecule has 2 atom stereocenters. The van der Waals surface area contributed by atoms with Gasteiger partial charge in [0.2, 0.25) is 0 Å². The Hall–Kier alpha value is -2.07. The smallest absolute Gasteiger partial charge is 0.407 e. The third kappa shape index (κ3) is 4.45. The maximum atomic E-state index is 11.7. The number of fused-ring (bicyclic) bond motifs is 1. The van der Waals surface area contributed by atoms with Gasteiger partial charge in [-0.15, -0.1) is 0 Å². The van der Waals surface area contributed by atoms with Crippen LogP contribution in [0.25, 0.3) is 10.8 Å². The molecule has 0 radical (unpaired) electrons. The minimum Gasteiger partial charge on any atom is -0.444 e. The summed E-state index contributed by atoms with van der Waals surface area (Å²) < 4.78 is 5.27. The van der Waals surface area contributed by atoms with Crippen LogP contribution in [0.1, 0.15) is 32.8 Å². The average molecular weight is 312 g/mol. The lowest BCUT2D eigenvalue weighted by molar-refractivity contribution is 0.0522. The van der Waals surface area contributed by atoms with E-state index in [0.29, 0.717) is 6.04 Å². The van der Waals surface area contributed by atoms with Crippen LogP contribution in [0, 0.1) is 0 Å². The Morgan fingerprint density at radius 3 is 2.61 bits per heavy atom. The number of amides is 1. The highest BCUT2D eigenvalue weighted by Gasteiger charge is 2.38. The molecule has 0 aromatic heterocycles. The number of hydrogen-bond acceptors (Lipinski definition) is 3. The van der Waals surface area contributed by atoms with E-state index in [1.807, 2.05) is 20.8 Å². The second kappa shape index (κ2) is 6.20. The highest BCUT2D eigenvalue weighted by Crippen LogP contribution is 2.23. The lowest BCUT2D eigenvalue weighted by atomic mass is 10.1. The van der Waals surface area contributed by atoms with E-state index in [0.717, 1.165) is 13.0 Å². The second-order valence-corrected chi connectivity index (χ2v) is 7.16. The van der Waals surface area contributed by atoms with Gasteiger partial charge < -0.3 is 15.4 Å². The van der Waals surface area contributed by atoms with Crippen LogP contribution in [-0.4, -0.2) is 23.8 Å². The number of nitrogens with one attached hydrogen (secondary N) is 2. The van der Waals surface area contributed by atoms with Crippen molar-refractivity contribution in [3.05, 3.63) is 48.0 Å². The van der Waals surface area contributed by atoms with Gasteiger partial charge in [-0.3, -0.25) is 0 Å². The van der Waals surface area contributed by atoms with Crippen LogP contribution < -0.4 is 10.6 Å². The first-order valence-corrected chi connectivity index (χ1v) is 8.11. The fraction of sp³-hybridized carbons (Fsp3) is 0.421. The first-order valence-electron chi connectivity index (χ1n) is 8.11. The molecule has 1 fully saturated rings. The summed E-state index contributed by atoms with van der Waals surface area (Å²) >= 11 is 0. The SMILES string of the molecule is CC(C)(C)OC(=O)NC1CC1NCc1ccc2ccccc2c1. The molecule has 0 spiro atoms. The van der Waals surface area contributed by atoms with E-state index in [1.165, 1.54) is 16.3 Å². The van der Waals surface area contributed by atoms with Gasteiger partial charge in [-0.25, -0.2) is 4.79 Å². The predicted octanol–water partition coefficient (Wildman–Crippen LogP) is 3.60. The topological polar surface area (TPSA) is 50.4 Å². The van der Waals surface area contributed by atoms with E-state index in [1.54, 1.807) is 0 Å². The van der Waals surface area contributed by atoms with Gasteiger partial charge in [-0.1, -0.05) is 36.4 Å². The molecule has 3 rings (SSSR count). The normalized spacial score (nSPS) is 20.3. The molecule has 122 valence electrons. The molecule has 1 saturated carbocycles. The minimum absolute atomic E-state index is 0.172. The van der Waals surface area contributed by atoms with Crippen LogP contribution in [-0.2, 0) is 11.3 Å². The van der Waals surface area contributed by atoms with E-state index < -0.39 is 5.60 Å². The maximum Gasteiger partial charge on any atom is 0.407 e. The molecule has 1 aliphatic rings. The number of ether oxygens (including phenoxy) is 1. The van der Waals surface area contributed by atoms with Crippen LogP contribution in [0.3, 0.4) is 0 Å². The molecule has 0 saturated heterocycles. The summed E-state index contributed by atoms with van der Waals surface area (Å²) in [5.74, 6) is 0. The Bertz CT molecular complexity index is 706. The van der Waals surface area contributed by atoms with E-state index >= 15 is 0 Å². The van der Waals surface area contributed by atoms with Gasteiger partial charge in [-0.2, -0.15) is 0 Å². The first-order chi connectivity index (χ1) is 10.9. The van der Waals surface area contributed by atoms with E-state index in [9.17, 15) is 4.79 Å². The van der Waals surface area contributed by atoms with Crippen LogP contribution in [0.2, 0.25) is 0 Å². The van der Waals surface area contributed by atoms with Gasteiger partial charge in [0, 0.05) is 18.6 Å². The summed E-state index contributed by atoms with van der Waals surface area (Å²) in [6.07, 6.45) is 0.616. The Labute approximate surface area is 137 Å². The minimum atomic E-state index is -0.451. The van der Waals surface area contributed by atoms with Crippen LogP contribution in [0.4, 0.5) is 4.79 Å². The molecule has 2 N–H and O–H groups in total. The average Bonchev–Trinajstić information content (AvgIpc) is 3.20. The largest absolute Gasteiger partial charge is 0.444 e. The first kappa shape index (κ1) is 15.8. The third-order valence-corrected chi connectivity index (χ3v) is 3.87. The third-order valence-electron chi connectivity index (χ3n) is 3.87. The fourth-order valence-corrected chi connectivity index (χ4v) is 2.64. The van der Waals surface area contributed by atoms with Crippen LogP contribution in [0.5, 0.6) is 0 Å². The summed E-state index contributed by atoms with van der Waals surface area (Å²) in [5.41, 5.74) is 0.805. The lowest BCUT2D eigenvalue weighted by Crippen LogP contribution is -2.36. The number of carbonyl (C=O) groups excluding carboxylic acids is 1. The number of alkyl carbamates (subject to hydrolysis) is 1. The van der Waals surface area contributed by atoms with Gasteiger partial charge >= 0.3 is 6.09 Å². The lowest BCUT2D eigenvalue weighted by Gasteiger charge is -2.19. The summed E-state index contributed by atoms with van der Waals surface area (Å²) in [6, 6.07) is 15.4. The van der Waals surface area contributed by atoms with Crippen molar-refractivity contribution < 1.29 is 9.53 Å². The van der Waals surface area contributed by atoms with Crippen molar-refractivity contribution in [2.45, 2.75) is 51.4 Å². The van der Waals surface area contributed by atoms with Crippen LogP contribution in [0.15, 0.2) is 42.5 Å². The summed E-state index contributed by atoms with van der Waals surface area (Å²) in [7, 11) is 0. The molecule has 0 bridgehead atoms. The van der Waals surface area contributed by atoms with Gasteiger partial charge in [0.05, 0.1) is 0 Å². The monoisotopic (exact) mass is 312 g/mol. The Balaban J connectivity index is 1.47. The summed E-state index contributed by atoms with van der Waals surface area (Å²) in [4.78, 5) is 11.7. The van der Waals surface area contributed by atoms with Crippen molar-refractivity contribution in [1.29, 1.82) is 0 Å². The zero-order chi connectivity index (χ0) is 16.4. The van der Waals surface area contributed by atoms with Gasteiger partial charge in [0.15, 0.2) is 0 Å². The number of rotatable bonds is 4. The van der Waals surface area contributed by atoms with Crippen molar-refractivity contribution in [1.82, 2.24) is 10.6 Å². The fourth-order valence-electron chi connectivity index (χ4n) is 2.64. The maximum absolute atomic E-state index is 11.7. The molecule has 4 nitrogen and oxygen atoms in total. The molecule has 0 heterocycles. The second-order valence-electron chi connectivity index (χ2n) is 7.16. The molecular formula is C19H24N2O2. The summed E-state index contributed by atoms with van der Waals surface area (Å²) in [6.45, 7) is 6.42. The Kier molecular flexibility index (Phi) is 4.26. The number of hydrogen-bond donors (Lipinski definition) is 2. The van der Waals surface area contributed by atoms with Crippen molar-refractivity contribution in [2.75, 3.05) is 0 Å². The molecule has 2 aromatic rings. The summed E-state index contributed by atoms with van der Waals surface area (Å²) in [5, 5.41) is 8.90. The molecule has 23 heavy (non-hydrogen) atoms. The van der Waals surface area contributed by atoms with Gasteiger partial charge in [-0.05, 0) is 49.6 Å². The highest BCUT2D eigenvalue weighted by atomic mass is 16.6. The van der Waals surface area contributed by atoms with E-state index in [2.05, 4.69) is 53.1 Å². The highest BCUT2D eigenvalue weighted by molar-refractivity contribution is 5.82. The molecular weight excluding hydrogens is 288 g/mol. The Morgan fingerprint density at radius 1 is 1.13 bits per heavy atom. The van der Waals surface area contributed by atoms with Crippen molar-refractivity contribution in [2.24, 2.45) is 0 Å².